The van der Waals surface area contributed by atoms with Gasteiger partial charge in [0.15, 0.2) is 0 Å². The molecule has 1 aromatic carbocycles. The van der Waals surface area contributed by atoms with Crippen LogP contribution in [0.2, 0.25) is 0 Å². The summed E-state index contributed by atoms with van der Waals surface area (Å²) in [5, 5.41) is 9.18. The Hall–Kier alpha value is -0.830. The van der Waals surface area contributed by atoms with Crippen LogP contribution >= 0.6 is 10.0 Å². The summed E-state index contributed by atoms with van der Waals surface area (Å²) in [5.41, 5.74) is 0. The molecular weight excluding hydrogens is 280 g/mol. The minimum Gasteiger partial charge on any atom is -0.508 e. The highest BCUT2D eigenvalue weighted by molar-refractivity contribution is 8.32. The molecule has 1 N–H and O–H groups in total. The van der Waals surface area contributed by atoms with Crippen LogP contribution in [0.3, 0.4) is 0 Å². The van der Waals surface area contributed by atoms with Crippen molar-refractivity contribution in [1.29, 1.82) is 0 Å². The maximum Gasteiger partial charge on any atom is 0.119 e. The molecule has 21 heavy (non-hydrogen) atoms. The fourth-order valence-electron chi connectivity index (χ4n) is 2.25. The second-order valence-corrected chi connectivity index (χ2v) is 11.2. The molecule has 0 bridgehead atoms. The molecule has 0 aromatic heterocycles. The Morgan fingerprint density at radius 3 is 1.90 bits per heavy atom. The first-order valence-electron chi connectivity index (χ1n) is 8.05. The van der Waals surface area contributed by atoms with E-state index in [0.717, 1.165) is 18.8 Å². The van der Waals surface area contributed by atoms with Gasteiger partial charge in [-0.2, -0.15) is 0 Å². The summed E-state index contributed by atoms with van der Waals surface area (Å²) in [4.78, 5) is 0. The smallest absolute Gasteiger partial charge is 0.119 e. The van der Waals surface area contributed by atoms with Gasteiger partial charge in [0.2, 0.25) is 0 Å². The maximum absolute atomic E-state index is 9.18. The summed E-state index contributed by atoms with van der Waals surface area (Å²) in [5.74, 6) is 2.56. The van der Waals surface area contributed by atoms with E-state index in [1.54, 1.807) is 12.1 Å². The monoisotopic (exact) mass is 312 g/mol. The van der Waals surface area contributed by atoms with Crippen LogP contribution in [0.5, 0.6) is 11.5 Å². The number of benzene rings is 1. The van der Waals surface area contributed by atoms with Gasteiger partial charge in [0.1, 0.15) is 11.5 Å². The van der Waals surface area contributed by atoms with E-state index >= 15 is 0 Å². The summed E-state index contributed by atoms with van der Waals surface area (Å²) >= 11 is 0. The average Bonchev–Trinajstić information content (AvgIpc) is 2.42. The van der Waals surface area contributed by atoms with Gasteiger partial charge in [0.25, 0.3) is 0 Å². The molecule has 0 atom stereocenters. The van der Waals surface area contributed by atoms with Gasteiger partial charge in [-0.25, -0.2) is 10.0 Å². The predicted octanol–water partition coefficient (Wildman–Crippen LogP) is 5.20. The number of rotatable bonds is 11. The molecule has 0 fully saturated rings. The molecule has 0 aliphatic heterocycles. The average molecular weight is 313 g/mol. The van der Waals surface area contributed by atoms with Gasteiger partial charge >= 0.3 is 0 Å². The number of ether oxygens (including phenoxy) is 1. The van der Waals surface area contributed by atoms with Crippen molar-refractivity contribution in [3.63, 3.8) is 0 Å². The number of unbranched alkanes of at least 4 members (excludes halogenated alkanes) is 6. The Balaban J connectivity index is 1.88. The first-order chi connectivity index (χ1) is 9.97. The van der Waals surface area contributed by atoms with Crippen LogP contribution in [0.1, 0.15) is 44.9 Å². The van der Waals surface area contributed by atoms with Gasteiger partial charge in [-0.15, -0.1) is 0 Å². The molecule has 0 heterocycles. The molecule has 1 aromatic rings. The Kier molecular flexibility index (Phi) is 8.67. The molecule has 2 nitrogen and oxygen atoms in total. The number of hydrogen-bond donors (Lipinski definition) is 1. The first-order valence-corrected chi connectivity index (χ1v) is 11.1. The highest BCUT2D eigenvalue weighted by Crippen LogP contribution is 2.35. The predicted molar refractivity (Wildman–Crippen MR) is 96.2 cm³/mol. The summed E-state index contributed by atoms with van der Waals surface area (Å²) < 4.78 is 5.64. The fraction of sp³-hybridized carbons (Fsp3) is 0.667. The van der Waals surface area contributed by atoms with Crippen molar-refractivity contribution in [3.8, 4) is 11.5 Å². The van der Waals surface area contributed by atoms with E-state index < -0.39 is 0 Å². The molecule has 0 saturated heterocycles. The van der Waals surface area contributed by atoms with Crippen molar-refractivity contribution < 1.29 is 9.84 Å². The Morgan fingerprint density at radius 2 is 1.33 bits per heavy atom. The number of phenolic OH excluding ortho intramolecular Hbond substituents is 1. The van der Waals surface area contributed by atoms with Gasteiger partial charge < -0.3 is 9.84 Å². The zero-order valence-corrected chi connectivity index (χ0v) is 14.8. The second kappa shape index (κ2) is 9.99. The molecular formula is C18H32O2S. The van der Waals surface area contributed by atoms with Crippen LogP contribution in [-0.4, -0.2) is 36.2 Å². The van der Waals surface area contributed by atoms with Gasteiger partial charge in [-0.05, 0) is 61.6 Å². The van der Waals surface area contributed by atoms with E-state index in [0.29, 0.717) is 0 Å². The molecule has 0 aliphatic carbocycles. The fourth-order valence-corrected chi connectivity index (χ4v) is 3.32. The van der Waals surface area contributed by atoms with Gasteiger partial charge in [-0.1, -0.05) is 32.1 Å². The third kappa shape index (κ3) is 10.5. The van der Waals surface area contributed by atoms with Crippen LogP contribution < -0.4 is 4.74 Å². The second-order valence-electron chi connectivity index (χ2n) is 6.61. The molecule has 1 rings (SSSR count). The molecule has 0 saturated carbocycles. The SMILES string of the molecule is CS(C)(C)CCCCCCCCCOc1ccc(O)cc1. The standard InChI is InChI=1S/C18H32O2S/c1-21(2,3)16-10-8-6-4-5-7-9-15-20-18-13-11-17(19)12-14-18/h11-14,19H,4-10,15-16H2,1-3H3. The molecule has 0 aliphatic rings. The summed E-state index contributed by atoms with van der Waals surface area (Å²) in [6.07, 6.45) is 16.4. The highest BCUT2D eigenvalue weighted by Gasteiger charge is 2.02. The largest absolute Gasteiger partial charge is 0.508 e. The minimum absolute atomic E-state index is 0.287. The highest BCUT2D eigenvalue weighted by atomic mass is 32.3. The third-order valence-corrected chi connectivity index (χ3v) is 5.02. The summed E-state index contributed by atoms with van der Waals surface area (Å²) in [6.45, 7) is 0.776. The molecule has 0 amide bonds. The van der Waals surface area contributed by atoms with Gasteiger partial charge in [0.05, 0.1) is 6.61 Å². The Bertz CT molecular complexity index is 368. The van der Waals surface area contributed by atoms with Crippen molar-refractivity contribution in [2.45, 2.75) is 44.9 Å². The molecule has 0 spiro atoms. The maximum atomic E-state index is 9.18. The van der Waals surface area contributed by atoms with E-state index in [2.05, 4.69) is 18.8 Å². The summed E-state index contributed by atoms with van der Waals surface area (Å²) in [7, 11) is -0.290. The van der Waals surface area contributed by atoms with E-state index in [1.807, 2.05) is 12.1 Å². The van der Waals surface area contributed by atoms with Crippen molar-refractivity contribution in [2.24, 2.45) is 0 Å². The Morgan fingerprint density at radius 1 is 0.810 bits per heavy atom. The van der Waals surface area contributed by atoms with E-state index in [-0.39, 0.29) is 15.8 Å². The minimum atomic E-state index is -0.290. The van der Waals surface area contributed by atoms with E-state index in [1.165, 1.54) is 44.3 Å². The quantitative estimate of drug-likeness (QED) is 0.569. The van der Waals surface area contributed by atoms with Crippen LogP contribution in [0.25, 0.3) is 0 Å². The van der Waals surface area contributed by atoms with Crippen LogP contribution in [0, 0.1) is 0 Å². The van der Waals surface area contributed by atoms with Crippen LogP contribution in [0.4, 0.5) is 0 Å². The van der Waals surface area contributed by atoms with Gasteiger partial charge in [0, 0.05) is 0 Å². The normalized spacial score (nSPS) is 12.3. The van der Waals surface area contributed by atoms with Crippen molar-refractivity contribution >= 4 is 10.0 Å². The summed E-state index contributed by atoms with van der Waals surface area (Å²) in [6, 6.07) is 6.95. The number of phenols is 1. The van der Waals surface area contributed by atoms with Crippen molar-refractivity contribution in [3.05, 3.63) is 24.3 Å². The van der Waals surface area contributed by atoms with Crippen molar-refractivity contribution in [2.75, 3.05) is 31.1 Å². The lowest BCUT2D eigenvalue weighted by Gasteiger charge is -2.24. The van der Waals surface area contributed by atoms with Gasteiger partial charge in [-0.3, -0.25) is 0 Å². The molecule has 3 heteroatoms. The lowest BCUT2D eigenvalue weighted by Crippen LogP contribution is -1.98. The lowest BCUT2D eigenvalue weighted by molar-refractivity contribution is 0.304. The lowest BCUT2D eigenvalue weighted by atomic mass is 10.1. The number of aromatic hydroxyl groups is 1. The van der Waals surface area contributed by atoms with E-state index in [9.17, 15) is 5.11 Å². The molecule has 122 valence electrons. The van der Waals surface area contributed by atoms with Crippen LogP contribution in [0.15, 0.2) is 24.3 Å². The topological polar surface area (TPSA) is 29.5 Å². The van der Waals surface area contributed by atoms with Crippen molar-refractivity contribution in [1.82, 2.24) is 0 Å². The van der Waals surface area contributed by atoms with Crippen LogP contribution in [-0.2, 0) is 0 Å². The zero-order valence-electron chi connectivity index (χ0n) is 13.9. The molecule has 0 unspecified atom stereocenters. The third-order valence-electron chi connectivity index (χ3n) is 3.51. The first kappa shape index (κ1) is 18.2. The zero-order chi connectivity index (χ0) is 15.6. The number of hydrogen-bond acceptors (Lipinski definition) is 2. The Labute approximate surface area is 132 Å². The van der Waals surface area contributed by atoms with E-state index in [4.69, 9.17) is 4.74 Å². The molecule has 0 radical (unpaired) electrons.